The summed E-state index contributed by atoms with van der Waals surface area (Å²) in [6, 6.07) is 17.3. The Kier molecular flexibility index (Phi) is 5.80. The Labute approximate surface area is 156 Å². The number of carbonyl (C=O) groups is 1. The Hall–Kier alpha value is -3.65. The van der Waals surface area contributed by atoms with Crippen molar-refractivity contribution in [2.75, 3.05) is 6.61 Å². The highest BCUT2D eigenvalue weighted by molar-refractivity contribution is 6.02. The topological polar surface area (TPSA) is 50.7 Å². The lowest BCUT2D eigenvalue weighted by Gasteiger charge is -2.09. The van der Waals surface area contributed by atoms with Gasteiger partial charge in [0, 0.05) is 5.56 Å². The van der Waals surface area contributed by atoms with Gasteiger partial charge in [0.25, 0.3) is 0 Å². The molecule has 27 heavy (non-hydrogen) atoms. The molecular formula is C22H17FN2O2. The first-order valence-corrected chi connectivity index (χ1v) is 8.32. The summed E-state index contributed by atoms with van der Waals surface area (Å²) in [6.45, 7) is 0.135. The maximum Gasteiger partial charge on any atom is 0.244 e. The van der Waals surface area contributed by atoms with E-state index in [9.17, 15) is 9.18 Å². The molecule has 3 aromatic rings. The molecule has 3 rings (SSSR count). The van der Waals surface area contributed by atoms with Gasteiger partial charge in [0.1, 0.15) is 18.2 Å². The van der Waals surface area contributed by atoms with Crippen molar-refractivity contribution in [2.45, 2.75) is 6.42 Å². The second-order valence-corrected chi connectivity index (χ2v) is 5.79. The Balaban J connectivity index is 1.77. The third-order valence-electron chi connectivity index (χ3n) is 3.90. The van der Waals surface area contributed by atoms with Crippen molar-refractivity contribution in [3.05, 3.63) is 77.6 Å². The third-order valence-corrected chi connectivity index (χ3v) is 3.90. The highest BCUT2D eigenvalue weighted by Crippen LogP contribution is 2.26. The summed E-state index contributed by atoms with van der Waals surface area (Å²) in [4.78, 5) is 12.0. The summed E-state index contributed by atoms with van der Waals surface area (Å²) in [5, 5.41) is 6.00. The van der Waals surface area contributed by atoms with Gasteiger partial charge in [-0.05, 0) is 34.5 Å². The summed E-state index contributed by atoms with van der Waals surface area (Å²) in [6.07, 6.45) is 6.92. The van der Waals surface area contributed by atoms with Crippen molar-refractivity contribution in [1.82, 2.24) is 5.43 Å². The Morgan fingerprint density at radius 1 is 1.15 bits per heavy atom. The van der Waals surface area contributed by atoms with Gasteiger partial charge in [0.15, 0.2) is 0 Å². The fraction of sp³-hybridized carbons (Fsp3) is 0.0909. The molecule has 1 N–H and O–H groups in total. The molecule has 0 unspecified atom stereocenters. The van der Waals surface area contributed by atoms with E-state index in [0.717, 1.165) is 16.3 Å². The lowest BCUT2D eigenvalue weighted by molar-refractivity contribution is -0.120. The van der Waals surface area contributed by atoms with Crippen molar-refractivity contribution in [1.29, 1.82) is 0 Å². The molecular weight excluding hydrogens is 343 g/mol. The zero-order chi connectivity index (χ0) is 19.1. The van der Waals surface area contributed by atoms with E-state index in [2.05, 4.69) is 16.4 Å². The van der Waals surface area contributed by atoms with Crippen molar-refractivity contribution >= 4 is 22.9 Å². The van der Waals surface area contributed by atoms with Crippen LogP contribution in [0.4, 0.5) is 4.39 Å². The third kappa shape index (κ3) is 4.71. The number of amides is 1. The zero-order valence-corrected chi connectivity index (χ0v) is 14.5. The molecule has 0 heterocycles. The second-order valence-electron chi connectivity index (χ2n) is 5.79. The smallest absolute Gasteiger partial charge is 0.244 e. The predicted molar refractivity (Wildman–Crippen MR) is 104 cm³/mol. The number of nitrogens with zero attached hydrogens (tertiary/aromatic N) is 1. The standard InChI is InChI=1S/C22H17FN2O2/c1-2-13-27-21-12-9-17-5-3-4-6-19(17)20(21)15-24-25-22(26)14-16-7-10-18(23)11-8-16/h1,3-12,15H,13-14H2,(H,25,26)/b24-15+. The van der Waals surface area contributed by atoms with Gasteiger partial charge in [-0.2, -0.15) is 5.10 Å². The van der Waals surface area contributed by atoms with Crippen molar-refractivity contribution in [3.63, 3.8) is 0 Å². The normalized spacial score (nSPS) is 10.7. The van der Waals surface area contributed by atoms with Gasteiger partial charge in [0.2, 0.25) is 5.91 Å². The lowest BCUT2D eigenvalue weighted by Crippen LogP contribution is -2.19. The molecule has 0 aromatic heterocycles. The van der Waals surface area contributed by atoms with E-state index in [-0.39, 0.29) is 24.8 Å². The monoisotopic (exact) mass is 360 g/mol. The number of hydrazone groups is 1. The summed E-state index contributed by atoms with van der Waals surface area (Å²) < 4.78 is 18.5. The summed E-state index contributed by atoms with van der Waals surface area (Å²) >= 11 is 0. The van der Waals surface area contributed by atoms with Crippen molar-refractivity contribution in [2.24, 2.45) is 5.10 Å². The molecule has 134 valence electrons. The van der Waals surface area contributed by atoms with Crippen LogP contribution in [-0.4, -0.2) is 18.7 Å². The number of hydrogen-bond donors (Lipinski definition) is 1. The van der Waals surface area contributed by atoms with E-state index in [1.165, 1.54) is 18.3 Å². The van der Waals surface area contributed by atoms with Gasteiger partial charge in [-0.3, -0.25) is 4.79 Å². The van der Waals surface area contributed by atoms with Crippen LogP contribution in [0.15, 0.2) is 65.8 Å². The van der Waals surface area contributed by atoms with Crippen LogP contribution in [-0.2, 0) is 11.2 Å². The Bertz CT molecular complexity index is 1020. The van der Waals surface area contributed by atoms with Crippen LogP contribution in [0.2, 0.25) is 0 Å². The highest BCUT2D eigenvalue weighted by atomic mass is 19.1. The van der Waals surface area contributed by atoms with Gasteiger partial charge in [-0.15, -0.1) is 6.42 Å². The van der Waals surface area contributed by atoms with E-state index in [4.69, 9.17) is 11.2 Å². The van der Waals surface area contributed by atoms with Gasteiger partial charge in [-0.1, -0.05) is 48.4 Å². The van der Waals surface area contributed by atoms with E-state index >= 15 is 0 Å². The molecule has 5 heteroatoms. The molecule has 0 aliphatic carbocycles. The molecule has 0 spiro atoms. The minimum atomic E-state index is -0.340. The quantitative estimate of drug-likeness (QED) is 0.414. The molecule has 0 saturated carbocycles. The molecule has 0 radical (unpaired) electrons. The van der Waals surface area contributed by atoms with Gasteiger partial charge >= 0.3 is 0 Å². The average Bonchev–Trinajstić information content (AvgIpc) is 2.69. The number of rotatable bonds is 6. The second kappa shape index (κ2) is 8.63. The molecule has 0 bridgehead atoms. The zero-order valence-electron chi connectivity index (χ0n) is 14.5. The molecule has 0 aliphatic rings. The molecule has 0 saturated heterocycles. The molecule has 0 atom stereocenters. The van der Waals surface area contributed by atoms with Gasteiger partial charge in [-0.25, -0.2) is 9.82 Å². The minimum Gasteiger partial charge on any atom is -0.480 e. The number of nitrogens with one attached hydrogen (secondary N) is 1. The van der Waals surface area contributed by atoms with Crippen LogP contribution in [0.25, 0.3) is 10.8 Å². The molecule has 3 aromatic carbocycles. The maximum atomic E-state index is 12.9. The Morgan fingerprint density at radius 2 is 1.93 bits per heavy atom. The predicted octanol–water partition coefficient (Wildman–Crippen LogP) is 3.68. The first-order chi connectivity index (χ1) is 13.2. The summed E-state index contributed by atoms with van der Waals surface area (Å²) in [7, 11) is 0. The van der Waals surface area contributed by atoms with E-state index in [1.807, 2.05) is 36.4 Å². The number of ether oxygens (including phenoxy) is 1. The highest BCUT2D eigenvalue weighted by Gasteiger charge is 2.07. The number of halogens is 1. The molecule has 0 fully saturated rings. The van der Waals surface area contributed by atoms with Gasteiger partial charge in [0.05, 0.1) is 12.6 Å². The number of terminal acetylenes is 1. The minimum absolute atomic E-state index is 0.105. The van der Waals surface area contributed by atoms with Crippen LogP contribution in [0, 0.1) is 18.2 Å². The van der Waals surface area contributed by atoms with Crippen molar-refractivity contribution in [3.8, 4) is 18.1 Å². The fourth-order valence-corrected chi connectivity index (χ4v) is 2.65. The lowest BCUT2D eigenvalue weighted by atomic mass is 10.0. The van der Waals surface area contributed by atoms with E-state index in [1.54, 1.807) is 12.1 Å². The van der Waals surface area contributed by atoms with Crippen LogP contribution in [0.5, 0.6) is 5.75 Å². The molecule has 0 aliphatic heterocycles. The number of hydrogen-bond acceptors (Lipinski definition) is 3. The van der Waals surface area contributed by atoms with Crippen LogP contribution in [0.3, 0.4) is 0 Å². The van der Waals surface area contributed by atoms with E-state index < -0.39 is 0 Å². The number of benzene rings is 3. The molecule has 4 nitrogen and oxygen atoms in total. The largest absolute Gasteiger partial charge is 0.480 e. The number of carbonyl (C=O) groups excluding carboxylic acids is 1. The fourth-order valence-electron chi connectivity index (χ4n) is 2.65. The van der Waals surface area contributed by atoms with Crippen LogP contribution < -0.4 is 10.2 Å². The molecule has 1 amide bonds. The van der Waals surface area contributed by atoms with Gasteiger partial charge < -0.3 is 4.74 Å². The number of fused-ring (bicyclic) bond motifs is 1. The first-order valence-electron chi connectivity index (χ1n) is 8.32. The average molecular weight is 360 g/mol. The van der Waals surface area contributed by atoms with Crippen LogP contribution >= 0.6 is 0 Å². The first kappa shape index (κ1) is 18.2. The SMILES string of the molecule is C#CCOc1ccc2ccccc2c1/C=N/NC(=O)Cc1ccc(F)cc1. The van der Waals surface area contributed by atoms with E-state index in [0.29, 0.717) is 11.3 Å². The summed E-state index contributed by atoms with van der Waals surface area (Å²) in [5.41, 5.74) is 3.91. The van der Waals surface area contributed by atoms with Crippen LogP contribution in [0.1, 0.15) is 11.1 Å². The Morgan fingerprint density at radius 3 is 2.70 bits per heavy atom. The maximum absolute atomic E-state index is 12.9. The van der Waals surface area contributed by atoms with Crippen molar-refractivity contribution < 1.29 is 13.9 Å². The summed E-state index contributed by atoms with van der Waals surface area (Å²) in [5.74, 6) is 2.38.